The maximum Gasteiger partial charge on any atom is 0.200 e. The molecule has 1 aromatic rings. The van der Waals surface area contributed by atoms with E-state index in [9.17, 15) is 22.0 Å². The summed E-state index contributed by atoms with van der Waals surface area (Å²) in [4.78, 5) is 4.31. The van der Waals surface area contributed by atoms with E-state index < -0.39 is 41.3 Å². The first-order valence-electron chi connectivity index (χ1n) is 4.11. The predicted octanol–water partition coefficient (Wildman–Crippen LogP) is 2.90. The number of rotatable bonds is 3. The minimum atomic E-state index is -2.20. The average Bonchev–Trinajstić information content (AvgIpc) is 2.28. The van der Waals surface area contributed by atoms with Gasteiger partial charge in [-0.3, -0.25) is 0 Å². The number of hydrogen-bond acceptors (Lipinski definition) is 2. The highest BCUT2D eigenvalue weighted by atomic mass is 19.2. The minimum Gasteiger partial charge on any atom is -0.391 e. The van der Waals surface area contributed by atoms with Gasteiger partial charge in [0.15, 0.2) is 23.3 Å². The maximum atomic E-state index is 13.0. The molecule has 0 bridgehead atoms. The molecule has 2 nitrogen and oxygen atoms in total. The summed E-state index contributed by atoms with van der Waals surface area (Å²) in [6.45, 7) is 0.620. The maximum absolute atomic E-state index is 13.0. The van der Waals surface area contributed by atoms with Crippen molar-refractivity contribution >= 4 is 6.21 Å². The lowest BCUT2D eigenvalue weighted by molar-refractivity contribution is 0.124. The van der Waals surface area contributed by atoms with Crippen LogP contribution in [0.1, 0.15) is 12.5 Å². The lowest BCUT2D eigenvalue weighted by atomic mass is 10.2. The van der Waals surface area contributed by atoms with E-state index in [1.807, 2.05) is 0 Å². The van der Waals surface area contributed by atoms with E-state index in [0.717, 1.165) is 6.21 Å². The van der Waals surface area contributed by atoms with Gasteiger partial charge in [-0.1, -0.05) is 5.16 Å². The summed E-state index contributed by atoms with van der Waals surface area (Å²) in [6.07, 6.45) is 1.16. The summed E-state index contributed by atoms with van der Waals surface area (Å²) in [7, 11) is 0. The molecule has 0 unspecified atom stereocenters. The van der Waals surface area contributed by atoms with Crippen LogP contribution in [0.25, 0.3) is 0 Å². The normalized spacial score (nSPS) is 11.1. The van der Waals surface area contributed by atoms with E-state index in [0.29, 0.717) is 0 Å². The molecule has 0 heterocycles. The molecule has 0 N–H and O–H groups in total. The minimum absolute atomic E-state index is 0.837. The van der Waals surface area contributed by atoms with Gasteiger partial charge in [0.1, 0.15) is 6.61 Å². The third-order valence-corrected chi connectivity index (χ3v) is 1.69. The highest BCUT2D eigenvalue weighted by Crippen LogP contribution is 2.23. The van der Waals surface area contributed by atoms with Crippen molar-refractivity contribution in [2.75, 3.05) is 0 Å². The van der Waals surface area contributed by atoms with Crippen LogP contribution in [0.3, 0.4) is 0 Å². The van der Waals surface area contributed by atoms with Crippen LogP contribution in [-0.4, -0.2) is 6.21 Å². The second kappa shape index (κ2) is 4.91. The highest BCUT2D eigenvalue weighted by molar-refractivity contribution is 5.52. The fourth-order valence-electron chi connectivity index (χ4n) is 0.953. The van der Waals surface area contributed by atoms with Crippen molar-refractivity contribution in [1.82, 2.24) is 0 Å². The molecule has 1 aromatic carbocycles. The molecule has 0 aliphatic carbocycles. The van der Waals surface area contributed by atoms with Crippen LogP contribution in [0.4, 0.5) is 22.0 Å². The first kappa shape index (κ1) is 12.4. The largest absolute Gasteiger partial charge is 0.391 e. The lowest BCUT2D eigenvalue weighted by Crippen LogP contribution is -2.07. The monoisotopic (exact) mass is 239 g/mol. The fraction of sp³-hybridized carbons (Fsp3) is 0.222. The van der Waals surface area contributed by atoms with Crippen LogP contribution in [0.2, 0.25) is 0 Å². The Kier molecular flexibility index (Phi) is 3.81. The first-order valence-corrected chi connectivity index (χ1v) is 4.11. The van der Waals surface area contributed by atoms with E-state index in [1.165, 1.54) is 6.92 Å². The number of halogens is 5. The van der Waals surface area contributed by atoms with Crippen molar-refractivity contribution in [3.63, 3.8) is 0 Å². The second-order valence-electron chi connectivity index (χ2n) is 2.69. The van der Waals surface area contributed by atoms with E-state index >= 15 is 0 Å². The molecule has 0 saturated heterocycles. The third-order valence-electron chi connectivity index (χ3n) is 1.69. The van der Waals surface area contributed by atoms with Gasteiger partial charge in [-0.05, 0) is 6.92 Å². The van der Waals surface area contributed by atoms with Crippen molar-refractivity contribution < 1.29 is 26.8 Å². The van der Waals surface area contributed by atoms with Gasteiger partial charge in [-0.25, -0.2) is 22.0 Å². The van der Waals surface area contributed by atoms with Gasteiger partial charge >= 0.3 is 0 Å². The summed E-state index contributed by atoms with van der Waals surface area (Å²) in [6, 6.07) is 0. The van der Waals surface area contributed by atoms with Crippen LogP contribution in [0.15, 0.2) is 5.16 Å². The zero-order chi connectivity index (χ0) is 12.3. The van der Waals surface area contributed by atoms with Crippen LogP contribution in [0.5, 0.6) is 0 Å². The number of nitrogens with zero attached hydrogens (tertiary/aromatic N) is 1. The SMILES string of the molecule is CC=NOCc1c(F)c(F)c(F)c(F)c1F. The molecule has 0 aliphatic rings. The molecule has 7 heteroatoms. The summed E-state index contributed by atoms with van der Waals surface area (Å²) in [5.41, 5.74) is -1.05. The molecule has 16 heavy (non-hydrogen) atoms. The summed E-state index contributed by atoms with van der Waals surface area (Å²) < 4.78 is 63.9. The lowest BCUT2D eigenvalue weighted by Gasteiger charge is -2.06. The zero-order valence-corrected chi connectivity index (χ0v) is 8.03. The van der Waals surface area contributed by atoms with Crippen LogP contribution >= 0.6 is 0 Å². The predicted molar refractivity (Wildman–Crippen MR) is 45.2 cm³/mol. The van der Waals surface area contributed by atoms with Gasteiger partial charge < -0.3 is 4.84 Å². The molecule has 0 aliphatic heterocycles. The van der Waals surface area contributed by atoms with Gasteiger partial charge in [0.05, 0.1) is 5.56 Å². The molecule has 0 radical (unpaired) electrons. The van der Waals surface area contributed by atoms with Gasteiger partial charge in [-0.15, -0.1) is 0 Å². The number of benzene rings is 1. The van der Waals surface area contributed by atoms with Crippen molar-refractivity contribution in [1.29, 1.82) is 0 Å². The van der Waals surface area contributed by atoms with Crippen molar-refractivity contribution in [2.24, 2.45) is 5.16 Å². The molecule has 88 valence electrons. The van der Waals surface area contributed by atoms with Crippen LogP contribution in [0, 0.1) is 29.1 Å². The standard InChI is InChI=1S/C9H6F5NO/c1-2-15-16-3-4-5(10)7(12)9(14)8(13)6(4)11/h2H,3H2,1H3. The Morgan fingerprint density at radius 2 is 1.38 bits per heavy atom. The molecule has 0 fully saturated rings. The Morgan fingerprint density at radius 1 is 0.938 bits per heavy atom. The molecular formula is C9H6F5NO. The van der Waals surface area contributed by atoms with Crippen LogP contribution < -0.4 is 0 Å². The molecule has 0 atom stereocenters. The fourth-order valence-corrected chi connectivity index (χ4v) is 0.953. The molecular weight excluding hydrogens is 233 g/mol. The Morgan fingerprint density at radius 3 is 1.81 bits per heavy atom. The Balaban J connectivity index is 3.18. The number of oxime groups is 1. The summed E-state index contributed by atoms with van der Waals surface area (Å²) in [5.74, 6) is -10.0. The molecule has 0 aromatic heterocycles. The van der Waals surface area contributed by atoms with Crippen LogP contribution in [-0.2, 0) is 11.4 Å². The van der Waals surface area contributed by atoms with Gasteiger partial charge in [0.2, 0.25) is 5.82 Å². The Hall–Kier alpha value is -1.66. The molecule has 1 rings (SSSR count). The van der Waals surface area contributed by atoms with Gasteiger partial charge in [0, 0.05) is 6.21 Å². The van der Waals surface area contributed by atoms with Crippen molar-refractivity contribution in [3.8, 4) is 0 Å². The first-order chi connectivity index (χ1) is 7.50. The van der Waals surface area contributed by atoms with E-state index in [2.05, 4.69) is 9.99 Å². The van der Waals surface area contributed by atoms with E-state index in [4.69, 9.17) is 0 Å². The third kappa shape index (κ3) is 2.12. The molecule has 0 saturated carbocycles. The van der Waals surface area contributed by atoms with Gasteiger partial charge in [0.25, 0.3) is 0 Å². The zero-order valence-electron chi connectivity index (χ0n) is 8.03. The average molecular weight is 239 g/mol. The molecule has 0 amide bonds. The second-order valence-corrected chi connectivity index (χ2v) is 2.69. The van der Waals surface area contributed by atoms with E-state index in [1.54, 1.807) is 0 Å². The highest BCUT2D eigenvalue weighted by Gasteiger charge is 2.25. The number of hydrogen-bond donors (Lipinski definition) is 0. The topological polar surface area (TPSA) is 21.6 Å². The quantitative estimate of drug-likeness (QED) is 0.261. The van der Waals surface area contributed by atoms with Gasteiger partial charge in [-0.2, -0.15) is 0 Å². The molecule has 0 spiro atoms. The van der Waals surface area contributed by atoms with E-state index in [-0.39, 0.29) is 0 Å². The summed E-state index contributed by atoms with van der Waals surface area (Å²) >= 11 is 0. The summed E-state index contributed by atoms with van der Waals surface area (Å²) in [5, 5.41) is 3.13. The van der Waals surface area contributed by atoms with Crippen molar-refractivity contribution in [2.45, 2.75) is 13.5 Å². The Labute approximate surface area is 87.3 Å². The van der Waals surface area contributed by atoms with Crippen molar-refractivity contribution in [3.05, 3.63) is 34.6 Å². The Bertz CT molecular complexity index is 403. The smallest absolute Gasteiger partial charge is 0.200 e.